The quantitative estimate of drug-likeness (QED) is 0.293. The van der Waals surface area contributed by atoms with Crippen molar-refractivity contribution in [2.75, 3.05) is 33.4 Å². The fourth-order valence-corrected chi connectivity index (χ4v) is 6.72. The Bertz CT molecular complexity index is 1090. The van der Waals surface area contributed by atoms with Crippen LogP contribution in [0.25, 0.3) is 11.1 Å². The van der Waals surface area contributed by atoms with Crippen LogP contribution in [0.5, 0.6) is 0 Å². The highest BCUT2D eigenvalue weighted by Gasteiger charge is 2.61. The summed E-state index contributed by atoms with van der Waals surface area (Å²) in [6, 6.07) is 13.4. The summed E-state index contributed by atoms with van der Waals surface area (Å²) in [7, 11) is 1.66. The first-order valence-electron chi connectivity index (χ1n) is 13.7. The number of aliphatic hydroxyl groups is 2. The summed E-state index contributed by atoms with van der Waals surface area (Å²) < 4.78 is 11.9. The van der Waals surface area contributed by atoms with Gasteiger partial charge in [-0.2, -0.15) is 0 Å². The normalized spacial score (nSPS) is 27.3. The molecule has 0 bridgehead atoms. The van der Waals surface area contributed by atoms with Gasteiger partial charge in [0.25, 0.3) is 0 Å². The lowest BCUT2D eigenvalue weighted by molar-refractivity contribution is -0.246. The summed E-state index contributed by atoms with van der Waals surface area (Å²) in [5, 5.41) is 24.3. The van der Waals surface area contributed by atoms with Crippen molar-refractivity contribution in [3.8, 4) is 11.1 Å². The summed E-state index contributed by atoms with van der Waals surface area (Å²) in [5.74, 6) is -0.267. The Kier molecular flexibility index (Phi) is 9.50. The minimum absolute atomic E-state index is 0.197. The van der Waals surface area contributed by atoms with Crippen LogP contribution in [0.2, 0.25) is 5.02 Å². The van der Waals surface area contributed by atoms with Gasteiger partial charge in [0.1, 0.15) is 11.2 Å². The average Bonchev–Trinajstić information content (AvgIpc) is 3.28. The topological polar surface area (TPSA) is 105 Å². The van der Waals surface area contributed by atoms with Gasteiger partial charge in [0, 0.05) is 36.9 Å². The van der Waals surface area contributed by atoms with Gasteiger partial charge in [-0.1, -0.05) is 54.9 Å². The number of nitrogens with zero attached hydrogens (tertiary/aromatic N) is 1. The van der Waals surface area contributed by atoms with Gasteiger partial charge in [0.05, 0.1) is 19.3 Å². The Morgan fingerprint density at radius 2 is 2.05 bits per heavy atom. The first kappa shape index (κ1) is 29.0. The van der Waals surface area contributed by atoms with Crippen LogP contribution in [-0.2, 0) is 26.3 Å². The largest absolute Gasteiger partial charge is 0.392 e. The van der Waals surface area contributed by atoms with Crippen LogP contribution >= 0.6 is 11.6 Å². The molecule has 0 unspecified atom stereocenters. The molecule has 1 saturated heterocycles. The zero-order valence-electron chi connectivity index (χ0n) is 22.4. The zero-order chi connectivity index (χ0) is 27.3. The van der Waals surface area contributed by atoms with E-state index in [0.717, 1.165) is 35.9 Å². The number of hydrogen-bond donors (Lipinski definition) is 3. The van der Waals surface area contributed by atoms with Crippen LogP contribution in [0, 0.1) is 5.92 Å². The summed E-state index contributed by atoms with van der Waals surface area (Å²) >= 11 is 6.90. The van der Waals surface area contributed by atoms with E-state index in [1.54, 1.807) is 12.0 Å². The molecule has 4 rings (SSSR count). The molecule has 7 nitrogen and oxygen atoms in total. The molecule has 2 aromatic rings. The Morgan fingerprint density at radius 1 is 1.26 bits per heavy atom. The molecule has 2 fully saturated rings. The molecular weight excluding hydrogens is 504 g/mol. The molecule has 208 valence electrons. The summed E-state index contributed by atoms with van der Waals surface area (Å²) in [6.45, 7) is 3.59. The van der Waals surface area contributed by atoms with E-state index in [9.17, 15) is 15.0 Å². The molecule has 0 radical (unpaired) electrons. The lowest BCUT2D eigenvalue weighted by atomic mass is 9.65. The molecule has 38 heavy (non-hydrogen) atoms. The molecule has 1 heterocycles. The highest BCUT2D eigenvalue weighted by molar-refractivity contribution is 6.33. The number of morpholine rings is 1. The van der Waals surface area contributed by atoms with Gasteiger partial charge < -0.3 is 30.3 Å². The van der Waals surface area contributed by atoms with Gasteiger partial charge in [0.2, 0.25) is 6.41 Å². The molecule has 8 heteroatoms. The Hall–Kier alpha value is -2.00. The number of unbranched alkanes of at least 4 members (excludes halogenated alkanes) is 1. The number of methoxy groups -OCH3 is 1. The van der Waals surface area contributed by atoms with E-state index >= 15 is 0 Å². The maximum Gasteiger partial charge on any atom is 0.209 e. The van der Waals surface area contributed by atoms with Crippen molar-refractivity contribution in [2.24, 2.45) is 11.7 Å². The smallest absolute Gasteiger partial charge is 0.209 e. The second kappa shape index (κ2) is 12.5. The maximum atomic E-state index is 13.1. The van der Waals surface area contributed by atoms with E-state index in [4.69, 9.17) is 26.8 Å². The lowest BCUT2D eigenvalue weighted by Crippen LogP contribution is -2.66. The van der Waals surface area contributed by atoms with Crippen molar-refractivity contribution in [1.82, 2.24) is 4.90 Å². The van der Waals surface area contributed by atoms with Crippen LogP contribution < -0.4 is 5.73 Å². The molecule has 1 aliphatic carbocycles. The molecule has 4 N–H and O–H groups in total. The molecule has 1 saturated carbocycles. The number of amides is 1. The predicted molar refractivity (Wildman–Crippen MR) is 149 cm³/mol. The Labute approximate surface area is 230 Å². The number of aliphatic hydroxyl groups excluding tert-OH is 1. The van der Waals surface area contributed by atoms with Crippen molar-refractivity contribution < 1.29 is 24.5 Å². The molecule has 2 aromatic carbocycles. The monoisotopic (exact) mass is 544 g/mol. The van der Waals surface area contributed by atoms with Gasteiger partial charge in [-0.15, -0.1) is 0 Å². The number of ether oxygens (including phenoxy) is 2. The van der Waals surface area contributed by atoms with Crippen LogP contribution in [0.1, 0.15) is 50.2 Å². The predicted octanol–water partition coefficient (Wildman–Crippen LogP) is 3.90. The second-order valence-corrected chi connectivity index (χ2v) is 11.1. The van der Waals surface area contributed by atoms with Crippen molar-refractivity contribution in [3.63, 3.8) is 0 Å². The van der Waals surface area contributed by atoms with E-state index in [-0.39, 0.29) is 19.1 Å². The van der Waals surface area contributed by atoms with E-state index in [2.05, 4.69) is 19.1 Å². The first-order valence-corrected chi connectivity index (χ1v) is 14.0. The second-order valence-electron chi connectivity index (χ2n) is 10.7. The van der Waals surface area contributed by atoms with E-state index in [1.807, 2.05) is 30.3 Å². The molecule has 1 aliphatic heterocycles. The zero-order valence-corrected chi connectivity index (χ0v) is 23.2. The first-order chi connectivity index (χ1) is 18.3. The highest BCUT2D eigenvalue weighted by atomic mass is 35.5. The fraction of sp³-hybridized carbons (Fsp3) is 0.567. The lowest BCUT2D eigenvalue weighted by Gasteiger charge is -2.55. The summed E-state index contributed by atoms with van der Waals surface area (Å²) in [4.78, 5) is 13.7. The molecule has 0 aromatic heterocycles. The van der Waals surface area contributed by atoms with Crippen LogP contribution in [-0.4, -0.2) is 72.7 Å². The maximum absolute atomic E-state index is 13.1. The van der Waals surface area contributed by atoms with Gasteiger partial charge in [-0.3, -0.25) is 4.79 Å². The Balaban J connectivity index is 1.93. The molecule has 5 atom stereocenters. The van der Waals surface area contributed by atoms with Crippen molar-refractivity contribution in [1.29, 1.82) is 0 Å². The Morgan fingerprint density at radius 3 is 2.74 bits per heavy atom. The number of benzene rings is 2. The number of halogens is 1. The number of rotatable bonds is 11. The third-order valence-electron chi connectivity index (χ3n) is 8.48. The van der Waals surface area contributed by atoms with Gasteiger partial charge in [0.15, 0.2) is 0 Å². The summed E-state index contributed by atoms with van der Waals surface area (Å²) in [5.41, 5.74) is 7.08. The van der Waals surface area contributed by atoms with Gasteiger partial charge in [-0.25, -0.2) is 0 Å². The van der Waals surface area contributed by atoms with Crippen LogP contribution in [0.3, 0.4) is 0 Å². The van der Waals surface area contributed by atoms with E-state index in [1.165, 1.54) is 0 Å². The fourth-order valence-electron chi connectivity index (χ4n) is 6.44. The highest BCUT2D eigenvalue weighted by Crippen LogP contribution is 2.53. The molecular formula is C30H41ClN2O5. The standard InChI is InChI=1S/C30H41ClN2O5/c1-3-21-8-6-9-22(16-21)28-24(10-7-11-25(28)31)29(36,12-4-5-14-37-2)30(19-33(20-34)13-15-38-30)23-17-26(32)27(35)18-23/h6-11,16,20,23,26-27,35-36H,3-5,12-15,17-19,32H2,1-2H3/t23-,26+,27-,29+,30-/m0/s1. The van der Waals surface area contributed by atoms with Crippen LogP contribution in [0.4, 0.5) is 0 Å². The van der Waals surface area contributed by atoms with Gasteiger partial charge in [-0.05, 0) is 67.2 Å². The minimum Gasteiger partial charge on any atom is -0.392 e. The van der Waals surface area contributed by atoms with Crippen molar-refractivity contribution >= 4 is 18.0 Å². The van der Waals surface area contributed by atoms with Crippen molar-refractivity contribution in [3.05, 3.63) is 58.6 Å². The summed E-state index contributed by atoms with van der Waals surface area (Å²) in [6.07, 6.45) is 3.63. The number of hydrogen-bond acceptors (Lipinski definition) is 6. The number of carbonyl (C=O) groups excluding carboxylic acids is 1. The third kappa shape index (κ3) is 5.51. The molecule has 0 spiro atoms. The number of aryl methyl sites for hydroxylation is 1. The minimum atomic E-state index is -1.53. The number of carbonyl (C=O) groups is 1. The van der Waals surface area contributed by atoms with Crippen molar-refractivity contribution in [2.45, 2.75) is 68.8 Å². The van der Waals surface area contributed by atoms with Crippen LogP contribution in [0.15, 0.2) is 42.5 Å². The number of nitrogens with two attached hydrogens (primary N) is 1. The third-order valence-corrected chi connectivity index (χ3v) is 8.80. The van der Waals surface area contributed by atoms with E-state index in [0.29, 0.717) is 49.4 Å². The SMILES string of the molecule is CCc1cccc(-c2c(Cl)cccc2[C@](O)(CCCCOC)[C@@]2([C@H]3C[C@@H](N)[C@@H](O)C3)CN(C=O)CCO2)c1. The van der Waals surface area contributed by atoms with E-state index < -0.39 is 23.3 Å². The average molecular weight is 545 g/mol. The molecule has 2 aliphatic rings. The molecule has 1 amide bonds. The van der Waals surface area contributed by atoms with Gasteiger partial charge >= 0.3 is 0 Å².